The van der Waals surface area contributed by atoms with Crippen LogP contribution in [0.1, 0.15) is 41.9 Å². The Bertz CT molecular complexity index is 571. The highest BCUT2D eigenvalue weighted by atomic mass is 79.9. The molecule has 0 amide bonds. The van der Waals surface area contributed by atoms with Crippen molar-refractivity contribution in [1.82, 2.24) is 9.59 Å². The van der Waals surface area contributed by atoms with Crippen LogP contribution in [0.2, 0.25) is 0 Å². The monoisotopic (exact) mass is 343 g/mol. The van der Waals surface area contributed by atoms with Crippen molar-refractivity contribution in [3.05, 3.63) is 44.6 Å². The van der Waals surface area contributed by atoms with Gasteiger partial charge in [0.1, 0.15) is 5.82 Å². The molecule has 0 aliphatic heterocycles. The highest BCUT2D eigenvalue weighted by Crippen LogP contribution is 2.28. The molecule has 102 valence electrons. The number of hydrogen-bond donors (Lipinski definition) is 1. The molecule has 1 atom stereocenters. The summed E-state index contributed by atoms with van der Waals surface area (Å²) in [6, 6.07) is 4.76. The molecule has 1 aromatic carbocycles. The van der Waals surface area contributed by atoms with Crippen LogP contribution in [0.3, 0.4) is 0 Å². The van der Waals surface area contributed by atoms with Gasteiger partial charge < -0.3 is 5.73 Å². The maximum atomic E-state index is 13.8. The minimum atomic E-state index is -0.270. The molecule has 2 N–H and O–H groups in total. The molecule has 0 radical (unpaired) electrons. The first-order valence-corrected chi connectivity index (χ1v) is 7.57. The second-order valence-electron chi connectivity index (χ2n) is 4.72. The SMILES string of the molecule is CC(C)c1nnsc1C(N)Cc1ccc(Br)cc1F. The van der Waals surface area contributed by atoms with Crippen LogP contribution in [0, 0.1) is 5.82 Å². The Balaban J connectivity index is 2.21. The van der Waals surface area contributed by atoms with Gasteiger partial charge in [-0.3, -0.25) is 0 Å². The Morgan fingerprint density at radius 1 is 1.42 bits per heavy atom. The first kappa shape index (κ1) is 14.6. The van der Waals surface area contributed by atoms with Crippen molar-refractivity contribution < 1.29 is 4.39 Å². The van der Waals surface area contributed by atoms with E-state index in [0.717, 1.165) is 15.0 Å². The zero-order chi connectivity index (χ0) is 14.0. The van der Waals surface area contributed by atoms with Gasteiger partial charge in [-0.05, 0) is 41.6 Å². The van der Waals surface area contributed by atoms with Gasteiger partial charge in [-0.1, -0.05) is 40.3 Å². The smallest absolute Gasteiger partial charge is 0.127 e. The van der Waals surface area contributed by atoms with Crippen LogP contribution < -0.4 is 5.73 Å². The lowest BCUT2D eigenvalue weighted by atomic mass is 10.0. The van der Waals surface area contributed by atoms with E-state index in [4.69, 9.17) is 5.73 Å². The molecule has 3 nitrogen and oxygen atoms in total. The average molecular weight is 344 g/mol. The number of halogens is 2. The summed E-state index contributed by atoms with van der Waals surface area (Å²) in [4.78, 5) is 0.942. The van der Waals surface area contributed by atoms with Crippen molar-refractivity contribution in [1.29, 1.82) is 0 Å². The number of benzene rings is 1. The van der Waals surface area contributed by atoms with E-state index in [9.17, 15) is 4.39 Å². The van der Waals surface area contributed by atoms with Crippen LogP contribution in [-0.2, 0) is 6.42 Å². The molecule has 2 rings (SSSR count). The van der Waals surface area contributed by atoms with Crippen LogP contribution >= 0.6 is 27.5 Å². The zero-order valence-corrected chi connectivity index (χ0v) is 13.1. The molecule has 0 bridgehead atoms. The Labute approximate surface area is 124 Å². The van der Waals surface area contributed by atoms with E-state index in [1.54, 1.807) is 6.07 Å². The van der Waals surface area contributed by atoms with Gasteiger partial charge in [0.15, 0.2) is 0 Å². The third-order valence-electron chi connectivity index (χ3n) is 2.88. The van der Waals surface area contributed by atoms with Crippen LogP contribution in [0.25, 0.3) is 0 Å². The van der Waals surface area contributed by atoms with Gasteiger partial charge in [-0.15, -0.1) is 5.10 Å². The van der Waals surface area contributed by atoms with Crippen molar-refractivity contribution in [2.24, 2.45) is 5.73 Å². The standard InChI is InChI=1S/C13H15BrFN3S/c1-7(2)12-13(19-18-17-12)11(16)5-8-3-4-9(14)6-10(8)15/h3-4,6-7,11H,5,16H2,1-2H3. The fourth-order valence-electron chi connectivity index (χ4n) is 1.88. The molecule has 2 aromatic rings. The van der Waals surface area contributed by atoms with E-state index < -0.39 is 0 Å². The molecule has 0 aliphatic rings. The predicted octanol–water partition coefficient (Wildman–Crippen LogP) is 3.81. The fourth-order valence-corrected chi connectivity index (χ4v) is 3.02. The fraction of sp³-hybridized carbons (Fsp3) is 0.385. The average Bonchev–Trinajstić information content (AvgIpc) is 2.82. The van der Waals surface area contributed by atoms with E-state index in [-0.39, 0.29) is 17.8 Å². The Morgan fingerprint density at radius 3 is 2.79 bits per heavy atom. The second kappa shape index (κ2) is 6.07. The number of rotatable bonds is 4. The molecule has 1 heterocycles. The summed E-state index contributed by atoms with van der Waals surface area (Å²) in [7, 11) is 0. The first-order chi connectivity index (χ1) is 8.99. The lowest BCUT2D eigenvalue weighted by molar-refractivity contribution is 0.592. The number of nitrogens with zero attached hydrogens (tertiary/aromatic N) is 2. The minimum Gasteiger partial charge on any atom is -0.323 e. The number of aromatic nitrogens is 2. The lowest BCUT2D eigenvalue weighted by Gasteiger charge is -2.13. The van der Waals surface area contributed by atoms with Gasteiger partial charge in [0.2, 0.25) is 0 Å². The third kappa shape index (κ3) is 3.38. The molecule has 0 saturated heterocycles. The van der Waals surface area contributed by atoms with Crippen LogP contribution in [0.15, 0.2) is 22.7 Å². The molecule has 0 fully saturated rings. The highest BCUT2D eigenvalue weighted by molar-refractivity contribution is 9.10. The minimum absolute atomic E-state index is 0.242. The maximum Gasteiger partial charge on any atom is 0.127 e. The van der Waals surface area contributed by atoms with Crippen molar-refractivity contribution in [2.45, 2.75) is 32.2 Å². The molecule has 0 aliphatic carbocycles. The summed E-state index contributed by atoms with van der Waals surface area (Å²) >= 11 is 4.54. The van der Waals surface area contributed by atoms with Gasteiger partial charge in [-0.25, -0.2) is 4.39 Å². The van der Waals surface area contributed by atoms with E-state index >= 15 is 0 Å². The van der Waals surface area contributed by atoms with E-state index in [1.165, 1.54) is 17.6 Å². The molecule has 6 heteroatoms. The lowest BCUT2D eigenvalue weighted by Crippen LogP contribution is -2.15. The molecule has 1 aromatic heterocycles. The third-order valence-corrected chi connectivity index (χ3v) is 4.24. The summed E-state index contributed by atoms with van der Waals surface area (Å²) in [5, 5.41) is 4.10. The largest absolute Gasteiger partial charge is 0.323 e. The van der Waals surface area contributed by atoms with Crippen LogP contribution in [0.5, 0.6) is 0 Å². The van der Waals surface area contributed by atoms with Crippen molar-refractivity contribution in [3.63, 3.8) is 0 Å². The molecular formula is C13H15BrFN3S. The van der Waals surface area contributed by atoms with Crippen LogP contribution in [0.4, 0.5) is 4.39 Å². The van der Waals surface area contributed by atoms with E-state index in [0.29, 0.717) is 12.0 Å². The molecule has 0 spiro atoms. The topological polar surface area (TPSA) is 51.8 Å². The summed E-state index contributed by atoms with van der Waals surface area (Å²) in [5.41, 5.74) is 7.69. The van der Waals surface area contributed by atoms with Gasteiger partial charge in [0.25, 0.3) is 0 Å². The normalized spacial score (nSPS) is 12.9. The van der Waals surface area contributed by atoms with Crippen molar-refractivity contribution >= 4 is 27.5 Å². The van der Waals surface area contributed by atoms with Gasteiger partial charge in [0.05, 0.1) is 10.6 Å². The Kier molecular flexibility index (Phi) is 4.65. The van der Waals surface area contributed by atoms with Gasteiger partial charge in [-0.2, -0.15) is 0 Å². The summed E-state index contributed by atoms with van der Waals surface area (Å²) in [5.74, 6) is 0.0305. The highest BCUT2D eigenvalue weighted by Gasteiger charge is 2.19. The number of nitrogens with two attached hydrogens (primary N) is 1. The Morgan fingerprint density at radius 2 is 2.16 bits per heavy atom. The number of hydrogen-bond acceptors (Lipinski definition) is 4. The second-order valence-corrected chi connectivity index (χ2v) is 6.42. The summed E-state index contributed by atoms with van der Waals surface area (Å²) < 4.78 is 18.5. The quantitative estimate of drug-likeness (QED) is 0.918. The van der Waals surface area contributed by atoms with E-state index in [1.807, 2.05) is 19.9 Å². The van der Waals surface area contributed by atoms with Gasteiger partial charge in [0, 0.05) is 10.5 Å². The van der Waals surface area contributed by atoms with Crippen molar-refractivity contribution in [2.75, 3.05) is 0 Å². The zero-order valence-electron chi connectivity index (χ0n) is 10.7. The molecular weight excluding hydrogens is 329 g/mol. The maximum absolute atomic E-state index is 13.8. The molecule has 0 saturated carbocycles. The summed E-state index contributed by atoms with van der Waals surface area (Å²) in [6.45, 7) is 4.10. The Hall–Kier alpha value is -0.850. The van der Waals surface area contributed by atoms with Crippen molar-refractivity contribution in [3.8, 4) is 0 Å². The van der Waals surface area contributed by atoms with Gasteiger partial charge >= 0.3 is 0 Å². The summed E-state index contributed by atoms with van der Waals surface area (Å²) in [6.07, 6.45) is 0.447. The van der Waals surface area contributed by atoms with Crippen LogP contribution in [-0.4, -0.2) is 9.59 Å². The molecule has 1 unspecified atom stereocenters. The predicted molar refractivity (Wildman–Crippen MR) is 78.7 cm³/mol. The van der Waals surface area contributed by atoms with E-state index in [2.05, 4.69) is 25.5 Å². The molecule has 19 heavy (non-hydrogen) atoms. The first-order valence-electron chi connectivity index (χ1n) is 6.00.